The molecule has 0 atom stereocenters. The Balaban J connectivity index is 0.752. The van der Waals surface area contributed by atoms with E-state index in [-0.39, 0.29) is 16.2 Å². The predicted octanol–water partition coefficient (Wildman–Crippen LogP) is 22.7. The van der Waals surface area contributed by atoms with Gasteiger partial charge in [0.1, 0.15) is 0 Å². The molecule has 0 aliphatic heterocycles. The third-order valence-electron chi connectivity index (χ3n) is 19.5. The van der Waals surface area contributed by atoms with Crippen molar-refractivity contribution >= 4 is 58.4 Å². The van der Waals surface area contributed by atoms with Crippen LogP contribution in [0.5, 0.6) is 0 Å². The molecule has 0 spiro atoms. The van der Waals surface area contributed by atoms with Gasteiger partial charge in [0.05, 0.1) is 0 Å². The first kappa shape index (κ1) is 53.6. The van der Waals surface area contributed by atoms with Gasteiger partial charge in [0, 0.05) is 50.4 Å². The van der Waals surface area contributed by atoms with E-state index in [1.165, 1.54) is 145 Å². The summed E-state index contributed by atoms with van der Waals surface area (Å²) >= 11 is 0. The van der Waals surface area contributed by atoms with Gasteiger partial charge >= 0.3 is 0 Å². The van der Waals surface area contributed by atoms with Crippen molar-refractivity contribution in [2.75, 3.05) is 9.80 Å². The molecular weight excluding hydrogens is 1000 g/mol. The molecule has 3 aliphatic carbocycles. The molecule has 0 bridgehead atoms. The van der Waals surface area contributed by atoms with Gasteiger partial charge < -0.3 is 9.80 Å². The Bertz CT molecular complexity index is 3810. The van der Waals surface area contributed by atoms with Crippen LogP contribution in [0.2, 0.25) is 0 Å². The minimum absolute atomic E-state index is 0.0860. The summed E-state index contributed by atoms with van der Waals surface area (Å²) in [6.45, 7) is 22.9. The van der Waals surface area contributed by atoms with Crippen LogP contribution in [-0.2, 0) is 16.2 Å². The van der Waals surface area contributed by atoms with Gasteiger partial charge in [-0.1, -0.05) is 222 Å². The third kappa shape index (κ3) is 9.01. The lowest BCUT2D eigenvalue weighted by Gasteiger charge is -2.32. The lowest BCUT2D eigenvalue weighted by atomic mass is 9.73. The summed E-state index contributed by atoms with van der Waals surface area (Å²) in [6.07, 6.45) is 13.4. The van der Waals surface area contributed by atoms with E-state index in [0.29, 0.717) is 0 Å². The van der Waals surface area contributed by atoms with E-state index in [9.17, 15) is 0 Å². The van der Waals surface area contributed by atoms with Gasteiger partial charge in [0.2, 0.25) is 0 Å². The highest BCUT2D eigenvalue weighted by molar-refractivity contribution is 5.90. The van der Waals surface area contributed by atoms with Crippen molar-refractivity contribution in [3.05, 3.63) is 284 Å². The van der Waals surface area contributed by atoms with E-state index in [4.69, 9.17) is 0 Å². The van der Waals surface area contributed by atoms with Crippen LogP contribution >= 0.6 is 0 Å². The maximum atomic E-state index is 2.49. The lowest BCUT2D eigenvalue weighted by molar-refractivity contribution is 0.490. The summed E-state index contributed by atoms with van der Waals surface area (Å²) in [6, 6.07) is 78.6. The minimum Gasteiger partial charge on any atom is -0.310 e. The number of nitrogens with zero attached hydrogens (tertiary/aromatic N) is 2. The fraction of sp³-hybridized carbons (Fsp3) is 0.210. The Morgan fingerprint density at radius 2 is 0.482 bits per heavy atom. The molecule has 0 radical (unpaired) electrons. The van der Waals surface area contributed by atoms with Crippen molar-refractivity contribution in [3.8, 4) is 33.4 Å². The van der Waals surface area contributed by atoms with Gasteiger partial charge in [0.25, 0.3) is 0 Å². The first-order valence-corrected chi connectivity index (χ1v) is 30.4. The molecule has 0 amide bonds. The van der Waals surface area contributed by atoms with Gasteiger partial charge in [-0.2, -0.15) is 0 Å². The highest BCUT2D eigenvalue weighted by Gasteiger charge is 2.43. The number of hydrogen-bond donors (Lipinski definition) is 0. The Labute approximate surface area is 494 Å². The van der Waals surface area contributed by atoms with Crippen LogP contribution in [0, 0.1) is 27.7 Å². The molecule has 13 rings (SSSR count). The highest BCUT2D eigenvalue weighted by Crippen LogP contribution is 2.57. The van der Waals surface area contributed by atoms with Crippen molar-refractivity contribution in [2.45, 2.75) is 111 Å². The van der Waals surface area contributed by atoms with Crippen LogP contribution in [0.15, 0.2) is 206 Å². The van der Waals surface area contributed by atoms with E-state index in [0.717, 1.165) is 25.7 Å². The zero-order chi connectivity index (χ0) is 57.4. The van der Waals surface area contributed by atoms with Crippen molar-refractivity contribution in [1.82, 2.24) is 0 Å². The van der Waals surface area contributed by atoms with Gasteiger partial charge in [-0.3, -0.25) is 0 Å². The SMILES string of the molecule is CCC1(CC)c2cc(/C=C/c3ccc4c(c3)C(C)(C)c3cc(/C=C/c5ccc6c(c5)C(CC)(CC)c5cc(N(c7ccc(C)cc7)c7ccc(C)cc7)ccc5-6)ccc3-4)ccc2-c2ccc(N(c3ccc(C)cc3)c3ccc(C)cc3)cc21. The van der Waals surface area contributed by atoms with Gasteiger partial charge in [-0.25, -0.2) is 0 Å². The molecule has 0 unspecified atom stereocenters. The van der Waals surface area contributed by atoms with Crippen molar-refractivity contribution < 1.29 is 0 Å². The maximum absolute atomic E-state index is 2.49. The fourth-order valence-electron chi connectivity index (χ4n) is 14.5. The molecule has 0 heterocycles. The average Bonchev–Trinajstić information content (AvgIpc) is 1.88. The van der Waals surface area contributed by atoms with E-state index < -0.39 is 0 Å². The lowest BCUT2D eigenvalue weighted by Crippen LogP contribution is -2.23. The molecule has 2 nitrogen and oxygen atoms in total. The second kappa shape index (κ2) is 20.9. The summed E-state index contributed by atoms with van der Waals surface area (Å²) in [5.41, 5.74) is 33.3. The summed E-state index contributed by atoms with van der Waals surface area (Å²) in [5, 5.41) is 0. The Morgan fingerprint density at radius 1 is 0.265 bits per heavy atom. The maximum Gasteiger partial charge on any atom is 0.0465 e. The van der Waals surface area contributed by atoms with Crippen LogP contribution < -0.4 is 9.80 Å². The molecular formula is C81H76N2. The Kier molecular flexibility index (Phi) is 13.5. The largest absolute Gasteiger partial charge is 0.310 e. The summed E-state index contributed by atoms with van der Waals surface area (Å²) in [5.74, 6) is 0. The van der Waals surface area contributed by atoms with Crippen molar-refractivity contribution in [1.29, 1.82) is 0 Å². The Hall–Kier alpha value is -8.72. The van der Waals surface area contributed by atoms with Crippen molar-refractivity contribution in [2.24, 2.45) is 0 Å². The van der Waals surface area contributed by atoms with E-state index in [2.05, 4.69) is 310 Å². The van der Waals surface area contributed by atoms with Crippen LogP contribution in [-0.4, -0.2) is 0 Å². The molecule has 10 aromatic rings. The van der Waals surface area contributed by atoms with E-state index in [1.54, 1.807) is 0 Å². The predicted molar refractivity (Wildman–Crippen MR) is 357 cm³/mol. The quantitative estimate of drug-likeness (QED) is 0.100. The highest BCUT2D eigenvalue weighted by atomic mass is 15.1. The summed E-state index contributed by atoms with van der Waals surface area (Å²) < 4.78 is 0. The fourth-order valence-corrected chi connectivity index (χ4v) is 14.5. The molecule has 0 saturated heterocycles. The van der Waals surface area contributed by atoms with Gasteiger partial charge in [-0.15, -0.1) is 0 Å². The third-order valence-corrected chi connectivity index (χ3v) is 19.5. The second-order valence-corrected chi connectivity index (χ2v) is 24.6. The van der Waals surface area contributed by atoms with Gasteiger partial charge in [0.15, 0.2) is 0 Å². The average molecular weight is 1080 g/mol. The molecule has 3 aliphatic rings. The zero-order valence-electron chi connectivity index (χ0n) is 50.2. The smallest absolute Gasteiger partial charge is 0.0465 e. The molecule has 0 N–H and O–H groups in total. The molecule has 83 heavy (non-hydrogen) atoms. The first-order chi connectivity index (χ1) is 40.2. The molecule has 2 heteroatoms. The standard InChI is InChI=1S/C81H76N2/c1-11-80(12-2)75-49-59(29-43-69(75)71-45-39-65(51-77(71)80)82(61-31-15-53(5)16-32-61)62-33-17-54(6)18-34-62)25-23-57-27-41-67-68-42-28-58(48-74(68)79(9,10)73(67)47-57)24-26-60-30-44-70-72-46-40-66(52-78(72)81(13-3,14-4)76(70)50-60)83(63-35-19-55(7)20-36-63)64-37-21-56(8)22-38-64/h15-52H,11-14H2,1-10H3/b25-23+,26-24+. The van der Waals surface area contributed by atoms with Crippen LogP contribution in [0.3, 0.4) is 0 Å². The molecule has 0 fully saturated rings. The topological polar surface area (TPSA) is 6.48 Å². The van der Waals surface area contributed by atoms with E-state index in [1.807, 2.05) is 0 Å². The minimum atomic E-state index is -0.151. The monoisotopic (exact) mass is 1080 g/mol. The molecule has 0 aromatic heterocycles. The number of hydrogen-bond acceptors (Lipinski definition) is 2. The number of aryl methyl sites for hydroxylation is 4. The molecule has 410 valence electrons. The first-order valence-electron chi connectivity index (χ1n) is 30.4. The summed E-state index contributed by atoms with van der Waals surface area (Å²) in [7, 11) is 0. The number of anilines is 6. The van der Waals surface area contributed by atoms with Gasteiger partial charge in [-0.05, 0) is 215 Å². The second-order valence-electron chi connectivity index (χ2n) is 24.6. The summed E-state index contributed by atoms with van der Waals surface area (Å²) in [4.78, 5) is 4.83. The Morgan fingerprint density at radius 3 is 0.747 bits per heavy atom. The molecule has 0 saturated carbocycles. The van der Waals surface area contributed by atoms with E-state index >= 15 is 0 Å². The van der Waals surface area contributed by atoms with Crippen molar-refractivity contribution in [3.63, 3.8) is 0 Å². The number of rotatable bonds is 14. The van der Waals surface area contributed by atoms with Crippen LogP contribution in [0.25, 0.3) is 57.7 Å². The normalized spacial score (nSPS) is 14.5. The van der Waals surface area contributed by atoms with Crippen LogP contribution in [0.4, 0.5) is 34.1 Å². The molecule has 10 aromatic carbocycles. The zero-order valence-corrected chi connectivity index (χ0v) is 50.2. The number of benzene rings is 10. The number of fused-ring (bicyclic) bond motifs is 9. The van der Waals surface area contributed by atoms with Crippen LogP contribution in [0.1, 0.15) is 145 Å².